The number of nitrogens with zero attached hydrogens (tertiary/aromatic N) is 1. The van der Waals surface area contributed by atoms with Crippen molar-refractivity contribution >= 4 is 11.6 Å². The Kier molecular flexibility index (Phi) is 4.28. The van der Waals surface area contributed by atoms with Crippen molar-refractivity contribution in [3.63, 3.8) is 0 Å². The SMILES string of the molecule is Cc1cc(N)c(F)cc1C1CCN(C(C)C(N)=O)CC1. The molecule has 1 heterocycles. The molecule has 1 aromatic rings. The van der Waals surface area contributed by atoms with Crippen molar-refractivity contribution in [1.29, 1.82) is 0 Å². The Balaban J connectivity index is 2.08. The molecule has 1 amide bonds. The number of benzene rings is 1. The maximum Gasteiger partial charge on any atom is 0.234 e. The minimum atomic E-state index is -0.349. The average Bonchev–Trinajstić information content (AvgIpc) is 2.42. The molecule has 5 heteroatoms. The van der Waals surface area contributed by atoms with Crippen molar-refractivity contribution in [2.75, 3.05) is 18.8 Å². The molecule has 0 spiro atoms. The van der Waals surface area contributed by atoms with E-state index in [0.29, 0.717) is 5.92 Å². The number of carbonyl (C=O) groups excluding carboxylic acids is 1. The summed E-state index contributed by atoms with van der Waals surface area (Å²) in [5, 5.41) is 0. The van der Waals surface area contributed by atoms with E-state index in [1.165, 1.54) is 0 Å². The lowest BCUT2D eigenvalue weighted by Gasteiger charge is -2.35. The number of piperidine rings is 1. The van der Waals surface area contributed by atoms with Gasteiger partial charge in [0.15, 0.2) is 0 Å². The number of hydrogen-bond acceptors (Lipinski definition) is 3. The van der Waals surface area contributed by atoms with E-state index in [1.54, 1.807) is 12.1 Å². The monoisotopic (exact) mass is 279 g/mol. The largest absolute Gasteiger partial charge is 0.396 e. The molecule has 1 aliphatic heterocycles. The molecule has 20 heavy (non-hydrogen) atoms. The molecule has 1 fully saturated rings. The fourth-order valence-electron chi connectivity index (χ4n) is 2.94. The molecular weight excluding hydrogens is 257 g/mol. The fourth-order valence-corrected chi connectivity index (χ4v) is 2.94. The number of nitrogens with two attached hydrogens (primary N) is 2. The van der Waals surface area contributed by atoms with Gasteiger partial charge in [-0.05, 0) is 69.0 Å². The van der Waals surface area contributed by atoms with Gasteiger partial charge in [-0.25, -0.2) is 4.39 Å². The van der Waals surface area contributed by atoms with E-state index in [9.17, 15) is 9.18 Å². The molecule has 1 atom stereocenters. The Morgan fingerprint density at radius 1 is 1.40 bits per heavy atom. The van der Waals surface area contributed by atoms with E-state index in [1.807, 2.05) is 13.8 Å². The highest BCUT2D eigenvalue weighted by atomic mass is 19.1. The van der Waals surface area contributed by atoms with Gasteiger partial charge in [0.05, 0.1) is 11.7 Å². The lowest BCUT2D eigenvalue weighted by atomic mass is 9.86. The quantitative estimate of drug-likeness (QED) is 0.828. The third kappa shape index (κ3) is 2.93. The Morgan fingerprint density at radius 2 is 2.00 bits per heavy atom. The van der Waals surface area contributed by atoms with Crippen molar-refractivity contribution < 1.29 is 9.18 Å². The van der Waals surface area contributed by atoms with Gasteiger partial charge < -0.3 is 11.5 Å². The van der Waals surface area contributed by atoms with Crippen LogP contribution < -0.4 is 11.5 Å². The van der Waals surface area contributed by atoms with Crippen molar-refractivity contribution in [2.45, 2.75) is 38.6 Å². The topological polar surface area (TPSA) is 72.3 Å². The van der Waals surface area contributed by atoms with Crippen LogP contribution in [0.1, 0.15) is 36.8 Å². The van der Waals surface area contributed by atoms with Crippen LogP contribution in [0.4, 0.5) is 10.1 Å². The normalized spacial score (nSPS) is 18.9. The summed E-state index contributed by atoms with van der Waals surface area (Å²) in [6.07, 6.45) is 1.81. The fraction of sp³-hybridized carbons (Fsp3) is 0.533. The molecule has 1 aliphatic rings. The molecule has 0 saturated carbocycles. The third-order valence-corrected chi connectivity index (χ3v) is 4.31. The maximum atomic E-state index is 13.6. The predicted octanol–water partition coefficient (Wildman–Crippen LogP) is 1.77. The van der Waals surface area contributed by atoms with Crippen LogP contribution in [0.2, 0.25) is 0 Å². The molecule has 0 aromatic heterocycles. The van der Waals surface area contributed by atoms with Crippen LogP contribution in [0, 0.1) is 12.7 Å². The number of carbonyl (C=O) groups is 1. The number of aryl methyl sites for hydroxylation is 1. The van der Waals surface area contributed by atoms with Crippen molar-refractivity contribution in [3.05, 3.63) is 29.1 Å². The summed E-state index contributed by atoms with van der Waals surface area (Å²) >= 11 is 0. The standard InChI is InChI=1S/C15H22FN3O/c1-9-7-14(17)13(16)8-12(9)11-3-5-19(6-4-11)10(2)15(18)20/h7-8,10-11H,3-6,17H2,1-2H3,(H2,18,20). The summed E-state index contributed by atoms with van der Waals surface area (Å²) in [7, 11) is 0. The Hall–Kier alpha value is -1.62. The van der Waals surface area contributed by atoms with E-state index < -0.39 is 0 Å². The summed E-state index contributed by atoms with van der Waals surface area (Å²) in [6.45, 7) is 5.40. The van der Waals surface area contributed by atoms with E-state index in [4.69, 9.17) is 11.5 Å². The van der Waals surface area contributed by atoms with Gasteiger partial charge in [-0.2, -0.15) is 0 Å². The van der Waals surface area contributed by atoms with Crippen molar-refractivity contribution in [3.8, 4) is 0 Å². The van der Waals surface area contributed by atoms with Gasteiger partial charge in [-0.15, -0.1) is 0 Å². The van der Waals surface area contributed by atoms with E-state index >= 15 is 0 Å². The molecule has 4 N–H and O–H groups in total. The lowest BCUT2D eigenvalue weighted by molar-refractivity contribution is -0.123. The molecule has 1 saturated heterocycles. The van der Waals surface area contributed by atoms with Gasteiger partial charge >= 0.3 is 0 Å². The number of primary amides is 1. The first-order valence-corrected chi connectivity index (χ1v) is 6.99. The van der Waals surface area contributed by atoms with Crippen LogP contribution in [0.15, 0.2) is 12.1 Å². The first kappa shape index (κ1) is 14.8. The van der Waals surface area contributed by atoms with Gasteiger partial charge in [0, 0.05) is 0 Å². The molecule has 110 valence electrons. The minimum Gasteiger partial charge on any atom is -0.396 e. The number of rotatable bonds is 3. The number of amides is 1. The molecular formula is C15H22FN3O. The van der Waals surface area contributed by atoms with Gasteiger partial charge in [-0.3, -0.25) is 9.69 Å². The van der Waals surface area contributed by atoms with E-state index in [2.05, 4.69) is 4.90 Å². The summed E-state index contributed by atoms with van der Waals surface area (Å²) in [5.41, 5.74) is 13.2. The van der Waals surface area contributed by atoms with Gasteiger partial charge in [0.1, 0.15) is 5.82 Å². The van der Waals surface area contributed by atoms with Crippen LogP contribution in [-0.2, 0) is 4.79 Å². The van der Waals surface area contributed by atoms with Crippen LogP contribution in [0.5, 0.6) is 0 Å². The Labute approximate surface area is 118 Å². The van der Waals surface area contributed by atoms with Crippen LogP contribution in [0.3, 0.4) is 0 Å². The molecule has 0 radical (unpaired) electrons. The lowest BCUT2D eigenvalue weighted by Crippen LogP contribution is -2.46. The molecule has 1 unspecified atom stereocenters. The van der Waals surface area contributed by atoms with Gasteiger partial charge in [0.2, 0.25) is 5.91 Å². The van der Waals surface area contributed by atoms with E-state index in [-0.39, 0.29) is 23.5 Å². The van der Waals surface area contributed by atoms with E-state index in [0.717, 1.165) is 37.1 Å². The molecule has 1 aromatic carbocycles. The van der Waals surface area contributed by atoms with Gasteiger partial charge in [-0.1, -0.05) is 0 Å². The second kappa shape index (κ2) is 5.79. The van der Waals surface area contributed by atoms with Crippen LogP contribution in [0.25, 0.3) is 0 Å². The highest BCUT2D eigenvalue weighted by Gasteiger charge is 2.27. The zero-order valence-corrected chi connectivity index (χ0v) is 12.0. The Bertz CT molecular complexity index is 510. The second-order valence-corrected chi connectivity index (χ2v) is 5.62. The number of nitrogen functional groups attached to an aromatic ring is 1. The maximum absolute atomic E-state index is 13.6. The molecule has 0 bridgehead atoms. The second-order valence-electron chi connectivity index (χ2n) is 5.62. The van der Waals surface area contributed by atoms with Crippen LogP contribution >= 0.6 is 0 Å². The number of halogens is 1. The molecule has 0 aliphatic carbocycles. The molecule has 2 rings (SSSR count). The first-order chi connectivity index (χ1) is 9.40. The zero-order chi connectivity index (χ0) is 14.9. The smallest absolute Gasteiger partial charge is 0.234 e. The zero-order valence-electron chi connectivity index (χ0n) is 12.0. The predicted molar refractivity (Wildman–Crippen MR) is 77.8 cm³/mol. The van der Waals surface area contributed by atoms with Gasteiger partial charge in [0.25, 0.3) is 0 Å². The number of hydrogen-bond donors (Lipinski definition) is 2. The first-order valence-electron chi connectivity index (χ1n) is 6.99. The van der Waals surface area contributed by atoms with Crippen molar-refractivity contribution in [1.82, 2.24) is 4.90 Å². The molecule has 4 nitrogen and oxygen atoms in total. The number of anilines is 1. The van der Waals surface area contributed by atoms with Crippen LogP contribution in [-0.4, -0.2) is 29.9 Å². The summed E-state index contributed by atoms with van der Waals surface area (Å²) in [5.74, 6) is -0.321. The third-order valence-electron chi connectivity index (χ3n) is 4.31. The Morgan fingerprint density at radius 3 is 2.55 bits per heavy atom. The number of likely N-dealkylation sites (tertiary alicyclic amines) is 1. The summed E-state index contributed by atoms with van der Waals surface area (Å²) in [4.78, 5) is 13.3. The highest BCUT2D eigenvalue weighted by molar-refractivity contribution is 5.79. The summed E-state index contributed by atoms with van der Waals surface area (Å²) < 4.78 is 13.6. The highest BCUT2D eigenvalue weighted by Crippen LogP contribution is 2.32. The summed E-state index contributed by atoms with van der Waals surface area (Å²) in [6, 6.07) is 3.02. The average molecular weight is 279 g/mol. The van der Waals surface area contributed by atoms with Crippen molar-refractivity contribution in [2.24, 2.45) is 5.73 Å². The minimum absolute atomic E-state index is 0.200.